The molecular formula is C26H40N2. The SMILES string of the molecule is CC1(CCc2cc(C3CCNCC3)ccc2C2CC2)CCN(C2CCC2)CC1. The molecule has 2 nitrogen and oxygen atoms in total. The van der Waals surface area contributed by atoms with Crippen molar-refractivity contribution >= 4 is 0 Å². The van der Waals surface area contributed by atoms with Gasteiger partial charge >= 0.3 is 0 Å². The number of rotatable bonds is 6. The molecule has 0 amide bonds. The van der Waals surface area contributed by atoms with Crippen LogP contribution >= 0.6 is 0 Å². The van der Waals surface area contributed by atoms with Gasteiger partial charge in [-0.15, -0.1) is 0 Å². The van der Waals surface area contributed by atoms with Crippen LogP contribution in [-0.2, 0) is 6.42 Å². The Balaban J connectivity index is 1.24. The zero-order chi connectivity index (χ0) is 19.0. The van der Waals surface area contributed by atoms with Crippen LogP contribution < -0.4 is 5.32 Å². The van der Waals surface area contributed by atoms with E-state index in [1.807, 2.05) is 0 Å². The first kappa shape index (κ1) is 19.1. The second-order valence-electron chi connectivity index (χ2n) is 10.7. The van der Waals surface area contributed by atoms with Gasteiger partial charge in [-0.05, 0) is 124 Å². The Labute approximate surface area is 172 Å². The van der Waals surface area contributed by atoms with E-state index >= 15 is 0 Å². The number of benzene rings is 1. The van der Waals surface area contributed by atoms with Crippen molar-refractivity contribution < 1.29 is 0 Å². The molecule has 0 bridgehead atoms. The molecule has 0 radical (unpaired) electrons. The summed E-state index contributed by atoms with van der Waals surface area (Å²) in [4.78, 5) is 2.80. The topological polar surface area (TPSA) is 15.3 Å². The normalized spacial score (nSPS) is 26.9. The predicted octanol–water partition coefficient (Wildman–Crippen LogP) is 5.62. The van der Waals surface area contributed by atoms with Crippen molar-refractivity contribution in [2.75, 3.05) is 26.2 Å². The summed E-state index contributed by atoms with van der Waals surface area (Å²) < 4.78 is 0. The van der Waals surface area contributed by atoms with Crippen LogP contribution in [0.4, 0.5) is 0 Å². The molecule has 1 N–H and O–H groups in total. The van der Waals surface area contributed by atoms with Crippen LogP contribution in [0.2, 0.25) is 0 Å². The van der Waals surface area contributed by atoms with Gasteiger partial charge in [0, 0.05) is 6.04 Å². The Morgan fingerprint density at radius 3 is 2.36 bits per heavy atom. The van der Waals surface area contributed by atoms with E-state index in [0.29, 0.717) is 5.41 Å². The summed E-state index contributed by atoms with van der Waals surface area (Å²) in [5.74, 6) is 1.67. The van der Waals surface area contributed by atoms with Crippen LogP contribution in [0, 0.1) is 5.41 Å². The van der Waals surface area contributed by atoms with Gasteiger partial charge in [0.2, 0.25) is 0 Å². The Bertz CT molecular complexity index is 659. The van der Waals surface area contributed by atoms with E-state index in [9.17, 15) is 0 Å². The van der Waals surface area contributed by atoms with Gasteiger partial charge in [0.1, 0.15) is 0 Å². The smallest absolute Gasteiger partial charge is 0.00952 e. The Morgan fingerprint density at radius 1 is 0.964 bits per heavy atom. The minimum Gasteiger partial charge on any atom is -0.317 e. The lowest BCUT2D eigenvalue weighted by atomic mass is 9.74. The van der Waals surface area contributed by atoms with Gasteiger partial charge in [-0.1, -0.05) is 31.5 Å². The lowest BCUT2D eigenvalue weighted by Crippen LogP contribution is -2.47. The molecule has 4 fully saturated rings. The molecule has 2 aliphatic heterocycles. The lowest BCUT2D eigenvalue weighted by molar-refractivity contribution is 0.0474. The molecule has 1 aromatic rings. The Morgan fingerprint density at radius 2 is 1.71 bits per heavy atom. The Kier molecular flexibility index (Phi) is 5.54. The van der Waals surface area contributed by atoms with E-state index in [2.05, 4.69) is 35.3 Å². The van der Waals surface area contributed by atoms with Crippen LogP contribution in [0.25, 0.3) is 0 Å². The maximum Gasteiger partial charge on any atom is 0.00952 e. The number of aryl methyl sites for hydroxylation is 1. The van der Waals surface area contributed by atoms with Crippen LogP contribution in [0.3, 0.4) is 0 Å². The highest BCUT2D eigenvalue weighted by Crippen LogP contribution is 2.44. The van der Waals surface area contributed by atoms with E-state index in [1.165, 1.54) is 96.8 Å². The lowest BCUT2D eigenvalue weighted by Gasteiger charge is -2.45. The molecule has 2 aliphatic carbocycles. The third-order valence-electron chi connectivity index (χ3n) is 8.59. The van der Waals surface area contributed by atoms with Crippen LogP contribution in [0.1, 0.15) is 99.7 Å². The van der Waals surface area contributed by atoms with Gasteiger partial charge in [0.05, 0.1) is 0 Å². The average molecular weight is 381 g/mol. The van der Waals surface area contributed by atoms with Gasteiger partial charge in [-0.25, -0.2) is 0 Å². The van der Waals surface area contributed by atoms with Crippen molar-refractivity contribution in [2.24, 2.45) is 5.41 Å². The number of piperidine rings is 2. The molecule has 2 heteroatoms. The van der Waals surface area contributed by atoms with Crippen molar-refractivity contribution in [1.29, 1.82) is 0 Å². The van der Waals surface area contributed by atoms with Crippen molar-refractivity contribution in [3.63, 3.8) is 0 Å². The van der Waals surface area contributed by atoms with E-state index in [1.54, 1.807) is 16.7 Å². The van der Waals surface area contributed by atoms with Crippen LogP contribution in [0.5, 0.6) is 0 Å². The van der Waals surface area contributed by atoms with Gasteiger partial charge in [-0.3, -0.25) is 0 Å². The maximum atomic E-state index is 3.53. The zero-order valence-electron chi connectivity index (χ0n) is 18.0. The molecule has 0 spiro atoms. The highest BCUT2D eigenvalue weighted by molar-refractivity contribution is 5.38. The van der Waals surface area contributed by atoms with Crippen molar-refractivity contribution in [1.82, 2.24) is 10.2 Å². The predicted molar refractivity (Wildman–Crippen MR) is 118 cm³/mol. The molecular weight excluding hydrogens is 340 g/mol. The fraction of sp³-hybridized carbons (Fsp3) is 0.769. The number of likely N-dealkylation sites (tertiary alicyclic amines) is 1. The summed E-state index contributed by atoms with van der Waals surface area (Å²) in [5.41, 5.74) is 5.60. The van der Waals surface area contributed by atoms with Crippen LogP contribution in [-0.4, -0.2) is 37.1 Å². The fourth-order valence-corrected chi connectivity index (χ4v) is 5.91. The second kappa shape index (κ2) is 8.11. The molecule has 0 unspecified atom stereocenters. The molecule has 5 rings (SSSR count). The fourth-order valence-electron chi connectivity index (χ4n) is 5.91. The van der Waals surface area contributed by atoms with Crippen LogP contribution in [0.15, 0.2) is 18.2 Å². The molecule has 1 aromatic carbocycles. The maximum absolute atomic E-state index is 3.53. The quantitative estimate of drug-likeness (QED) is 0.689. The minimum atomic E-state index is 0.561. The van der Waals surface area contributed by atoms with Gasteiger partial charge in [-0.2, -0.15) is 0 Å². The van der Waals surface area contributed by atoms with Crippen molar-refractivity contribution in [2.45, 2.75) is 95.4 Å². The van der Waals surface area contributed by atoms with Gasteiger partial charge in [0.15, 0.2) is 0 Å². The van der Waals surface area contributed by atoms with Crippen molar-refractivity contribution in [3.05, 3.63) is 34.9 Å². The summed E-state index contributed by atoms with van der Waals surface area (Å²) in [6.45, 7) is 7.68. The van der Waals surface area contributed by atoms with E-state index in [4.69, 9.17) is 0 Å². The highest BCUT2D eigenvalue weighted by atomic mass is 15.2. The molecule has 4 aliphatic rings. The van der Waals surface area contributed by atoms with E-state index < -0.39 is 0 Å². The standard InChI is InChI=1S/C26H40N2/c1-26(13-17-28(18-14-26)24-3-2-4-24)12-9-23-19-22(20-10-15-27-16-11-20)7-8-25(23)21-5-6-21/h7-8,19-21,24,27H,2-6,9-18H2,1H3. The molecule has 0 aromatic heterocycles. The molecule has 28 heavy (non-hydrogen) atoms. The first-order valence-corrected chi connectivity index (χ1v) is 12.3. The minimum absolute atomic E-state index is 0.561. The first-order chi connectivity index (χ1) is 13.7. The third-order valence-corrected chi connectivity index (χ3v) is 8.59. The first-order valence-electron chi connectivity index (χ1n) is 12.3. The van der Waals surface area contributed by atoms with Crippen molar-refractivity contribution in [3.8, 4) is 0 Å². The summed E-state index contributed by atoms with van der Waals surface area (Å²) in [7, 11) is 0. The van der Waals surface area contributed by atoms with Gasteiger partial charge in [0.25, 0.3) is 0 Å². The average Bonchev–Trinajstić information content (AvgIpc) is 3.53. The monoisotopic (exact) mass is 380 g/mol. The highest BCUT2D eigenvalue weighted by Gasteiger charge is 2.35. The molecule has 2 saturated carbocycles. The number of nitrogens with zero attached hydrogens (tertiary/aromatic N) is 1. The third kappa shape index (κ3) is 4.19. The summed E-state index contributed by atoms with van der Waals surface area (Å²) >= 11 is 0. The second-order valence-corrected chi connectivity index (χ2v) is 10.7. The van der Waals surface area contributed by atoms with E-state index in [0.717, 1.165) is 17.9 Å². The number of hydrogen-bond acceptors (Lipinski definition) is 2. The molecule has 2 saturated heterocycles. The zero-order valence-corrected chi connectivity index (χ0v) is 18.0. The molecule has 0 atom stereocenters. The molecule has 2 heterocycles. The summed E-state index contributed by atoms with van der Waals surface area (Å²) in [6, 6.07) is 8.57. The summed E-state index contributed by atoms with van der Waals surface area (Å²) in [6.07, 6.45) is 15.4. The van der Waals surface area contributed by atoms with E-state index in [-0.39, 0.29) is 0 Å². The number of hydrogen-bond donors (Lipinski definition) is 1. The van der Waals surface area contributed by atoms with Gasteiger partial charge < -0.3 is 10.2 Å². The number of nitrogens with one attached hydrogen (secondary N) is 1. The molecule has 154 valence electrons. The summed E-state index contributed by atoms with van der Waals surface area (Å²) in [5, 5.41) is 3.53. The Hall–Kier alpha value is -0.860. The largest absolute Gasteiger partial charge is 0.317 e.